The second-order valence-corrected chi connectivity index (χ2v) is 3.46. The Labute approximate surface area is 93.2 Å². The lowest BCUT2D eigenvalue weighted by molar-refractivity contribution is 0.311. The Balaban J connectivity index is 0. The fraction of sp³-hybridized carbons (Fsp3) is 0.143. The average molecular weight is 253 g/mol. The molecule has 1 aromatic carbocycles. The van der Waals surface area contributed by atoms with Crippen molar-refractivity contribution in [3.05, 3.63) is 23.8 Å². The molecule has 0 unspecified atom stereocenters. The molecular formula is C7H15N3O5S. The molecule has 0 aliphatic rings. The van der Waals surface area contributed by atoms with Gasteiger partial charge in [0.2, 0.25) is 0 Å². The molecule has 0 aromatic heterocycles. The van der Waals surface area contributed by atoms with Crippen LogP contribution in [0.5, 0.6) is 0 Å². The summed E-state index contributed by atoms with van der Waals surface area (Å²) in [5, 5.41) is 6.50. The first-order valence-electron chi connectivity index (χ1n) is 3.77. The van der Waals surface area contributed by atoms with Gasteiger partial charge < -0.3 is 16.7 Å². The van der Waals surface area contributed by atoms with Crippen molar-refractivity contribution in [3.8, 4) is 0 Å². The largest absolute Gasteiger partial charge is 0.399 e. The number of nitrogens with two attached hydrogens (primary N) is 3. The monoisotopic (exact) mass is 253 g/mol. The molecule has 16 heavy (non-hydrogen) atoms. The van der Waals surface area contributed by atoms with Gasteiger partial charge in [-0.3, -0.25) is 9.11 Å². The van der Waals surface area contributed by atoms with Crippen molar-refractivity contribution >= 4 is 21.8 Å². The molecule has 0 saturated carbocycles. The van der Waals surface area contributed by atoms with Crippen molar-refractivity contribution in [2.24, 2.45) is 5.90 Å². The van der Waals surface area contributed by atoms with Gasteiger partial charge in [-0.05, 0) is 30.7 Å². The minimum absolute atomic E-state index is 0.765. The molecule has 9 heteroatoms. The Hall–Kier alpha value is -1.39. The summed E-state index contributed by atoms with van der Waals surface area (Å²) in [6.45, 7) is 1.94. The van der Waals surface area contributed by atoms with E-state index in [-0.39, 0.29) is 0 Å². The van der Waals surface area contributed by atoms with Crippen LogP contribution in [-0.2, 0) is 10.4 Å². The Morgan fingerprint density at radius 1 is 1.12 bits per heavy atom. The lowest BCUT2D eigenvalue weighted by Gasteiger charge is -1.98. The summed E-state index contributed by atoms with van der Waals surface area (Å²) in [4.78, 5) is 0. The van der Waals surface area contributed by atoms with Crippen LogP contribution in [0.2, 0.25) is 0 Å². The van der Waals surface area contributed by atoms with E-state index in [0.717, 1.165) is 16.9 Å². The molecular weight excluding hydrogens is 238 g/mol. The molecule has 0 spiro atoms. The van der Waals surface area contributed by atoms with E-state index < -0.39 is 10.4 Å². The molecule has 0 aliphatic carbocycles. The van der Waals surface area contributed by atoms with Crippen LogP contribution in [-0.4, -0.2) is 22.7 Å². The molecule has 94 valence electrons. The van der Waals surface area contributed by atoms with Gasteiger partial charge in [-0.1, -0.05) is 0 Å². The van der Waals surface area contributed by atoms with Gasteiger partial charge in [0, 0.05) is 11.4 Å². The highest BCUT2D eigenvalue weighted by Crippen LogP contribution is 2.12. The Bertz CT molecular complexity index is 398. The van der Waals surface area contributed by atoms with E-state index in [1.54, 1.807) is 6.07 Å². The molecule has 0 saturated heterocycles. The Morgan fingerprint density at radius 3 is 1.75 bits per heavy atom. The van der Waals surface area contributed by atoms with Gasteiger partial charge >= 0.3 is 10.4 Å². The summed E-state index contributed by atoms with van der Waals surface area (Å²) in [6.07, 6.45) is 0. The molecule has 0 heterocycles. The highest BCUT2D eigenvalue weighted by atomic mass is 32.3. The number of hydrogen-bond donors (Lipinski definition) is 6. The maximum Gasteiger partial charge on any atom is 0.394 e. The van der Waals surface area contributed by atoms with Crippen LogP contribution in [0.4, 0.5) is 11.4 Å². The van der Waals surface area contributed by atoms with Gasteiger partial charge in [-0.2, -0.15) is 8.42 Å². The van der Waals surface area contributed by atoms with E-state index in [4.69, 9.17) is 34.2 Å². The first kappa shape index (κ1) is 17.0. The summed E-state index contributed by atoms with van der Waals surface area (Å²) in [6, 6.07) is 5.46. The summed E-state index contributed by atoms with van der Waals surface area (Å²) in [5.74, 6) is 3.50. The molecule has 0 atom stereocenters. The molecule has 8 nitrogen and oxygen atoms in total. The first-order valence-corrected chi connectivity index (χ1v) is 5.17. The maximum atomic E-state index is 8.74. The smallest absolute Gasteiger partial charge is 0.394 e. The minimum Gasteiger partial charge on any atom is -0.399 e. The average Bonchev–Trinajstić information content (AvgIpc) is 2.13. The highest BCUT2D eigenvalue weighted by molar-refractivity contribution is 7.79. The molecule has 0 bridgehead atoms. The van der Waals surface area contributed by atoms with Crippen LogP contribution in [0.25, 0.3) is 0 Å². The predicted octanol–water partition coefficient (Wildman–Crippen LogP) is -0.159. The minimum atomic E-state index is -4.67. The topological polar surface area (TPSA) is 173 Å². The predicted molar refractivity (Wildman–Crippen MR) is 60.2 cm³/mol. The number of anilines is 2. The van der Waals surface area contributed by atoms with E-state index in [2.05, 4.69) is 5.90 Å². The van der Waals surface area contributed by atoms with Gasteiger partial charge in [-0.25, -0.2) is 5.90 Å². The molecule has 0 amide bonds. The molecule has 1 rings (SSSR count). The van der Waals surface area contributed by atoms with Crippen LogP contribution in [0.15, 0.2) is 18.2 Å². The van der Waals surface area contributed by atoms with Gasteiger partial charge in [0.15, 0.2) is 0 Å². The summed E-state index contributed by atoms with van der Waals surface area (Å²) < 4.78 is 31.6. The maximum absolute atomic E-state index is 8.74. The second kappa shape index (κ2) is 7.84. The SMILES string of the molecule is Cc1cc(N)ccc1N.NO.O=S(=O)(O)O. The number of hydrogen-bond acceptors (Lipinski definition) is 6. The van der Waals surface area contributed by atoms with E-state index in [1.807, 2.05) is 19.1 Å². The zero-order valence-corrected chi connectivity index (χ0v) is 9.35. The zero-order valence-electron chi connectivity index (χ0n) is 8.53. The Kier molecular flexibility index (Phi) is 8.34. The summed E-state index contributed by atoms with van der Waals surface area (Å²) >= 11 is 0. The normalized spacial score (nSPS) is 9.31. The highest BCUT2D eigenvalue weighted by Gasteiger charge is 1.90. The van der Waals surface area contributed by atoms with E-state index in [9.17, 15) is 0 Å². The number of aryl methyl sites for hydroxylation is 1. The molecule has 1 aromatic rings. The van der Waals surface area contributed by atoms with Gasteiger partial charge in [0.05, 0.1) is 0 Å². The third-order valence-electron chi connectivity index (χ3n) is 1.29. The van der Waals surface area contributed by atoms with Crippen LogP contribution in [0.1, 0.15) is 5.56 Å². The standard InChI is InChI=1S/C7H10N2.H3NO.H2O4S/c1-5-4-6(8)2-3-7(5)9;1-2;1-5(2,3)4/h2-4H,8-9H2,1H3;2H,1H2;(H2,1,2,3,4). The third kappa shape index (κ3) is 12.6. The van der Waals surface area contributed by atoms with E-state index in [1.165, 1.54) is 0 Å². The third-order valence-corrected chi connectivity index (χ3v) is 1.29. The van der Waals surface area contributed by atoms with Crippen LogP contribution >= 0.6 is 0 Å². The fourth-order valence-corrected chi connectivity index (χ4v) is 0.699. The van der Waals surface area contributed by atoms with Gasteiger partial charge in [0.25, 0.3) is 0 Å². The molecule has 0 fully saturated rings. The summed E-state index contributed by atoms with van der Waals surface area (Å²) in [5.41, 5.74) is 13.6. The second-order valence-electron chi connectivity index (χ2n) is 2.56. The van der Waals surface area contributed by atoms with Gasteiger partial charge in [-0.15, -0.1) is 0 Å². The van der Waals surface area contributed by atoms with Crippen LogP contribution < -0.4 is 17.4 Å². The lowest BCUT2D eigenvalue weighted by atomic mass is 10.2. The molecule has 0 aliphatic heterocycles. The number of rotatable bonds is 0. The van der Waals surface area contributed by atoms with E-state index >= 15 is 0 Å². The van der Waals surface area contributed by atoms with Crippen molar-refractivity contribution < 1.29 is 22.7 Å². The Morgan fingerprint density at radius 2 is 1.50 bits per heavy atom. The van der Waals surface area contributed by atoms with Crippen molar-refractivity contribution in [3.63, 3.8) is 0 Å². The fourth-order valence-electron chi connectivity index (χ4n) is 0.699. The first-order chi connectivity index (χ1) is 7.20. The molecule has 0 radical (unpaired) electrons. The van der Waals surface area contributed by atoms with Crippen LogP contribution in [0, 0.1) is 6.92 Å². The van der Waals surface area contributed by atoms with Crippen molar-refractivity contribution in [1.82, 2.24) is 0 Å². The van der Waals surface area contributed by atoms with Crippen molar-refractivity contribution in [2.45, 2.75) is 6.92 Å². The lowest BCUT2D eigenvalue weighted by Crippen LogP contribution is -1.91. The number of benzene rings is 1. The quantitative estimate of drug-likeness (QED) is 0.210. The van der Waals surface area contributed by atoms with Crippen LogP contribution in [0.3, 0.4) is 0 Å². The molecule has 9 N–H and O–H groups in total. The summed E-state index contributed by atoms with van der Waals surface area (Å²) in [7, 11) is -4.67. The van der Waals surface area contributed by atoms with Crippen molar-refractivity contribution in [1.29, 1.82) is 0 Å². The van der Waals surface area contributed by atoms with E-state index in [0.29, 0.717) is 0 Å². The zero-order chi connectivity index (χ0) is 13.4. The van der Waals surface area contributed by atoms with Gasteiger partial charge in [0.1, 0.15) is 0 Å². The number of nitrogen functional groups attached to an aromatic ring is 2. The van der Waals surface area contributed by atoms with Crippen molar-refractivity contribution in [2.75, 3.05) is 11.5 Å².